The summed E-state index contributed by atoms with van der Waals surface area (Å²) in [5, 5.41) is 3.27. The van der Waals surface area contributed by atoms with Crippen molar-refractivity contribution in [1.82, 2.24) is 5.32 Å². The van der Waals surface area contributed by atoms with Crippen LogP contribution < -0.4 is 5.32 Å². The van der Waals surface area contributed by atoms with Crippen LogP contribution in [0.25, 0.3) is 0 Å². The van der Waals surface area contributed by atoms with Crippen LogP contribution in [0.2, 0.25) is 0 Å². The van der Waals surface area contributed by atoms with Gasteiger partial charge in [-0.2, -0.15) is 0 Å². The lowest BCUT2D eigenvalue weighted by atomic mass is 9.97. The van der Waals surface area contributed by atoms with Crippen molar-refractivity contribution in [3.8, 4) is 0 Å². The summed E-state index contributed by atoms with van der Waals surface area (Å²) < 4.78 is 5.30. The fourth-order valence-electron chi connectivity index (χ4n) is 1.23. The summed E-state index contributed by atoms with van der Waals surface area (Å²) in [6, 6.07) is 0. The van der Waals surface area contributed by atoms with Crippen molar-refractivity contribution in [3.05, 3.63) is 0 Å². The first-order valence-electron chi connectivity index (χ1n) is 4.47. The summed E-state index contributed by atoms with van der Waals surface area (Å²) in [5.74, 6) is 0. The third-order valence-electron chi connectivity index (χ3n) is 1.72. The second kappa shape index (κ2) is 4.73. The van der Waals surface area contributed by atoms with Crippen LogP contribution in [0.1, 0.15) is 41.0 Å². The molecule has 2 nitrogen and oxygen atoms in total. The largest absolute Gasteiger partial charge is 0.363 e. The second-order valence-corrected chi connectivity index (χ2v) is 3.39. The van der Waals surface area contributed by atoms with Gasteiger partial charge in [0.2, 0.25) is 0 Å². The number of hydrogen-bond donors (Lipinski definition) is 1. The Morgan fingerprint density at radius 3 is 2.18 bits per heavy atom. The van der Waals surface area contributed by atoms with Crippen molar-refractivity contribution >= 4 is 0 Å². The maximum absolute atomic E-state index is 5.30. The van der Waals surface area contributed by atoms with Crippen LogP contribution in [0.4, 0.5) is 0 Å². The van der Waals surface area contributed by atoms with Gasteiger partial charge in [0.1, 0.15) is 0 Å². The molecular formula is C9H21NO. The quantitative estimate of drug-likeness (QED) is 0.584. The Kier molecular flexibility index (Phi) is 4.69. The summed E-state index contributed by atoms with van der Waals surface area (Å²) in [7, 11) is 0. The molecule has 1 saturated heterocycles. The SMILES string of the molecule is CC.CC1CC(C)(C)NCO1. The molecule has 1 aliphatic heterocycles. The van der Waals surface area contributed by atoms with Crippen molar-refractivity contribution in [1.29, 1.82) is 0 Å². The van der Waals surface area contributed by atoms with Crippen LogP contribution in [0, 0.1) is 0 Å². The zero-order valence-corrected chi connectivity index (χ0v) is 8.40. The highest BCUT2D eigenvalue weighted by molar-refractivity contribution is 4.81. The fraction of sp³-hybridized carbons (Fsp3) is 1.00. The zero-order chi connectivity index (χ0) is 8.91. The number of nitrogens with one attached hydrogen (secondary N) is 1. The second-order valence-electron chi connectivity index (χ2n) is 3.39. The molecule has 11 heavy (non-hydrogen) atoms. The van der Waals surface area contributed by atoms with Gasteiger partial charge in [-0.3, -0.25) is 5.32 Å². The van der Waals surface area contributed by atoms with Crippen LogP contribution >= 0.6 is 0 Å². The summed E-state index contributed by atoms with van der Waals surface area (Å²) in [6.45, 7) is 11.2. The van der Waals surface area contributed by atoms with Crippen molar-refractivity contribution in [2.45, 2.75) is 52.7 Å². The summed E-state index contributed by atoms with van der Waals surface area (Å²) in [5.41, 5.74) is 0.275. The van der Waals surface area contributed by atoms with Gasteiger partial charge in [0.05, 0.1) is 12.8 Å². The molecule has 1 aliphatic rings. The van der Waals surface area contributed by atoms with E-state index in [1.54, 1.807) is 0 Å². The third-order valence-corrected chi connectivity index (χ3v) is 1.72. The maximum atomic E-state index is 5.30. The summed E-state index contributed by atoms with van der Waals surface area (Å²) in [6.07, 6.45) is 1.52. The van der Waals surface area contributed by atoms with Crippen molar-refractivity contribution in [2.24, 2.45) is 0 Å². The van der Waals surface area contributed by atoms with Gasteiger partial charge in [0, 0.05) is 5.54 Å². The van der Waals surface area contributed by atoms with Crippen molar-refractivity contribution < 1.29 is 4.74 Å². The van der Waals surface area contributed by atoms with Gasteiger partial charge >= 0.3 is 0 Å². The molecule has 1 rings (SSSR count). The van der Waals surface area contributed by atoms with Gasteiger partial charge in [-0.1, -0.05) is 13.8 Å². The Balaban J connectivity index is 0.000000461. The maximum Gasteiger partial charge on any atom is 0.0972 e. The van der Waals surface area contributed by atoms with Crippen molar-refractivity contribution in [3.63, 3.8) is 0 Å². The topological polar surface area (TPSA) is 21.3 Å². The first-order valence-corrected chi connectivity index (χ1v) is 4.47. The molecule has 1 fully saturated rings. The Morgan fingerprint density at radius 2 is 1.91 bits per heavy atom. The fourth-order valence-corrected chi connectivity index (χ4v) is 1.23. The lowest BCUT2D eigenvalue weighted by molar-refractivity contribution is -0.0220. The highest BCUT2D eigenvalue weighted by atomic mass is 16.5. The number of rotatable bonds is 0. The molecule has 2 heteroatoms. The molecule has 0 aromatic carbocycles. The molecule has 0 saturated carbocycles. The Hall–Kier alpha value is -0.0800. The number of hydrogen-bond acceptors (Lipinski definition) is 2. The van der Waals surface area contributed by atoms with E-state index in [0.29, 0.717) is 12.8 Å². The van der Waals surface area contributed by atoms with E-state index in [0.717, 1.165) is 6.42 Å². The van der Waals surface area contributed by atoms with Gasteiger partial charge < -0.3 is 4.74 Å². The van der Waals surface area contributed by atoms with E-state index in [2.05, 4.69) is 26.1 Å². The van der Waals surface area contributed by atoms with Crippen LogP contribution in [0.5, 0.6) is 0 Å². The standard InChI is InChI=1S/C7H15NO.C2H6/c1-6-4-7(2,3)8-5-9-6;1-2/h6,8H,4-5H2,1-3H3;1-2H3. The predicted octanol–water partition coefficient (Wildman–Crippen LogP) is 2.15. The average Bonchev–Trinajstić information content (AvgIpc) is 1.89. The van der Waals surface area contributed by atoms with Gasteiger partial charge in [0.15, 0.2) is 0 Å². The van der Waals surface area contributed by atoms with Crippen LogP contribution in [-0.4, -0.2) is 18.4 Å². The van der Waals surface area contributed by atoms with E-state index < -0.39 is 0 Å². The monoisotopic (exact) mass is 159 g/mol. The molecule has 1 unspecified atom stereocenters. The molecule has 68 valence electrons. The third kappa shape index (κ3) is 4.38. The zero-order valence-electron chi connectivity index (χ0n) is 8.40. The van der Waals surface area contributed by atoms with Gasteiger partial charge in [-0.25, -0.2) is 0 Å². The lowest BCUT2D eigenvalue weighted by Crippen LogP contribution is -2.48. The van der Waals surface area contributed by atoms with E-state index in [9.17, 15) is 0 Å². The minimum Gasteiger partial charge on any atom is -0.363 e. The molecule has 0 radical (unpaired) electrons. The van der Waals surface area contributed by atoms with E-state index in [4.69, 9.17) is 4.74 Å². The average molecular weight is 159 g/mol. The Morgan fingerprint density at radius 1 is 1.36 bits per heavy atom. The first kappa shape index (κ1) is 10.9. The minimum absolute atomic E-state index is 0.275. The molecule has 0 aromatic heterocycles. The number of ether oxygens (including phenoxy) is 1. The van der Waals surface area contributed by atoms with E-state index >= 15 is 0 Å². The van der Waals surface area contributed by atoms with Gasteiger partial charge in [-0.05, 0) is 27.2 Å². The van der Waals surface area contributed by atoms with Crippen LogP contribution in [0.3, 0.4) is 0 Å². The molecule has 1 atom stereocenters. The van der Waals surface area contributed by atoms with Gasteiger partial charge in [0.25, 0.3) is 0 Å². The van der Waals surface area contributed by atoms with Crippen molar-refractivity contribution in [2.75, 3.05) is 6.73 Å². The van der Waals surface area contributed by atoms with Crippen LogP contribution in [-0.2, 0) is 4.74 Å². The molecular weight excluding hydrogens is 138 g/mol. The first-order chi connectivity index (χ1) is 5.10. The van der Waals surface area contributed by atoms with E-state index in [1.807, 2.05) is 13.8 Å². The molecule has 0 spiro atoms. The Labute approximate surface area is 70.3 Å². The Bertz CT molecular complexity index is 102. The summed E-state index contributed by atoms with van der Waals surface area (Å²) >= 11 is 0. The summed E-state index contributed by atoms with van der Waals surface area (Å²) in [4.78, 5) is 0. The molecule has 0 bridgehead atoms. The lowest BCUT2D eigenvalue weighted by Gasteiger charge is -2.34. The molecule has 0 aromatic rings. The molecule has 0 aliphatic carbocycles. The molecule has 0 amide bonds. The van der Waals surface area contributed by atoms with Gasteiger partial charge in [-0.15, -0.1) is 0 Å². The van der Waals surface area contributed by atoms with Crippen LogP contribution in [0.15, 0.2) is 0 Å². The minimum atomic E-state index is 0.275. The van der Waals surface area contributed by atoms with E-state index in [-0.39, 0.29) is 5.54 Å². The predicted molar refractivity (Wildman–Crippen MR) is 48.6 cm³/mol. The highest BCUT2D eigenvalue weighted by Gasteiger charge is 2.24. The molecule has 1 heterocycles. The highest BCUT2D eigenvalue weighted by Crippen LogP contribution is 2.16. The van der Waals surface area contributed by atoms with E-state index in [1.165, 1.54) is 0 Å². The smallest absolute Gasteiger partial charge is 0.0972 e. The normalized spacial score (nSPS) is 28.6. The molecule has 1 N–H and O–H groups in total.